The molecule has 4 aromatic rings. The van der Waals surface area contributed by atoms with Crippen LogP contribution in [-0.4, -0.2) is 59.5 Å². The van der Waals surface area contributed by atoms with Crippen LogP contribution in [0.1, 0.15) is 39.9 Å². The van der Waals surface area contributed by atoms with Gasteiger partial charge < -0.3 is 24.3 Å². The number of piperidine rings is 1. The minimum atomic E-state index is -0.547. The number of ketones is 1. The molecule has 0 bridgehead atoms. The molecule has 0 unspecified atom stereocenters. The molecule has 2 aliphatic heterocycles. The number of amides is 2. The molecule has 2 amide bonds. The quantitative estimate of drug-likeness (QED) is 0.375. The van der Waals surface area contributed by atoms with Crippen molar-refractivity contribution in [2.45, 2.75) is 32.2 Å². The number of methoxy groups -OCH3 is 1. The average molecular weight is 528 g/mol. The van der Waals surface area contributed by atoms with Crippen molar-refractivity contribution in [3.8, 4) is 5.75 Å². The van der Waals surface area contributed by atoms with Crippen LogP contribution in [0, 0.1) is 6.92 Å². The standard InChI is InChI=1S/C29H29N5O5/c1-17-13-20(15-24-26(17)32-29(37)39-24)27(35)19-5-9-30-25(16-19)33-10-7-21(8-11-33)34-12-6-18-14-22(38-2)3-4-23(18)31-28(34)36/h3-5,9,13-16,21H,6-8,10-12H2,1-2H3,(H,31,36)(H,32,37). The Bertz CT molecular complexity index is 1630. The van der Waals surface area contributed by atoms with Gasteiger partial charge in [0.25, 0.3) is 0 Å². The minimum Gasteiger partial charge on any atom is -0.497 e. The zero-order chi connectivity index (χ0) is 27.1. The molecule has 0 spiro atoms. The predicted molar refractivity (Wildman–Crippen MR) is 147 cm³/mol. The lowest BCUT2D eigenvalue weighted by Gasteiger charge is -2.38. The van der Waals surface area contributed by atoms with Gasteiger partial charge in [-0.05, 0) is 79.8 Å². The van der Waals surface area contributed by atoms with Gasteiger partial charge in [0.2, 0.25) is 0 Å². The van der Waals surface area contributed by atoms with Gasteiger partial charge in [0, 0.05) is 48.7 Å². The van der Waals surface area contributed by atoms with Gasteiger partial charge in [-0.15, -0.1) is 0 Å². The maximum atomic E-state index is 13.3. The van der Waals surface area contributed by atoms with Crippen molar-refractivity contribution in [2.24, 2.45) is 0 Å². The van der Waals surface area contributed by atoms with Crippen molar-refractivity contribution in [1.29, 1.82) is 0 Å². The number of rotatable bonds is 5. The molecular weight excluding hydrogens is 498 g/mol. The highest BCUT2D eigenvalue weighted by Crippen LogP contribution is 2.29. The maximum Gasteiger partial charge on any atom is 0.417 e. The number of fused-ring (bicyclic) bond motifs is 2. The summed E-state index contributed by atoms with van der Waals surface area (Å²) in [6.45, 7) is 3.91. The number of carbonyl (C=O) groups excluding carboxylic acids is 2. The smallest absolute Gasteiger partial charge is 0.417 e. The van der Waals surface area contributed by atoms with Crippen molar-refractivity contribution in [1.82, 2.24) is 14.9 Å². The number of urea groups is 1. The normalized spacial score (nSPS) is 16.1. The highest BCUT2D eigenvalue weighted by Gasteiger charge is 2.30. The number of nitrogens with one attached hydrogen (secondary N) is 2. The van der Waals surface area contributed by atoms with E-state index in [1.807, 2.05) is 30.0 Å². The van der Waals surface area contributed by atoms with Gasteiger partial charge in [-0.1, -0.05) is 0 Å². The molecule has 0 saturated carbocycles. The monoisotopic (exact) mass is 527 g/mol. The van der Waals surface area contributed by atoms with E-state index in [4.69, 9.17) is 9.15 Å². The fourth-order valence-electron chi connectivity index (χ4n) is 5.56. The number of pyridine rings is 1. The molecule has 0 radical (unpaired) electrons. The van der Waals surface area contributed by atoms with Gasteiger partial charge in [-0.2, -0.15) is 0 Å². The number of aromatic nitrogens is 2. The second-order valence-corrected chi connectivity index (χ2v) is 10.0. The summed E-state index contributed by atoms with van der Waals surface area (Å²) >= 11 is 0. The first-order valence-electron chi connectivity index (χ1n) is 13.0. The van der Waals surface area contributed by atoms with E-state index in [1.165, 1.54) is 0 Å². The molecule has 10 heteroatoms. The molecule has 10 nitrogen and oxygen atoms in total. The summed E-state index contributed by atoms with van der Waals surface area (Å²) in [5, 5.41) is 3.06. The Hall–Kier alpha value is -4.60. The molecule has 0 atom stereocenters. The van der Waals surface area contributed by atoms with Crippen LogP contribution in [0.5, 0.6) is 5.75 Å². The average Bonchev–Trinajstić information content (AvgIpc) is 3.26. The van der Waals surface area contributed by atoms with Crippen molar-refractivity contribution >= 4 is 34.4 Å². The second kappa shape index (κ2) is 9.94. The van der Waals surface area contributed by atoms with Crippen LogP contribution >= 0.6 is 0 Å². The molecule has 6 rings (SSSR count). The van der Waals surface area contributed by atoms with E-state index >= 15 is 0 Å². The number of carbonyl (C=O) groups is 2. The van der Waals surface area contributed by atoms with Crippen LogP contribution < -0.4 is 20.7 Å². The molecular formula is C29H29N5O5. The summed E-state index contributed by atoms with van der Waals surface area (Å²) in [4.78, 5) is 49.2. The number of ether oxygens (including phenoxy) is 1. The third kappa shape index (κ3) is 4.73. The number of anilines is 2. The lowest BCUT2D eigenvalue weighted by molar-refractivity contribution is 0.103. The minimum absolute atomic E-state index is 0.0754. The first kappa shape index (κ1) is 24.7. The Kier molecular flexibility index (Phi) is 6.30. The van der Waals surface area contributed by atoms with Crippen LogP contribution in [0.4, 0.5) is 16.3 Å². The third-order valence-electron chi connectivity index (χ3n) is 7.67. The largest absolute Gasteiger partial charge is 0.497 e. The predicted octanol–water partition coefficient (Wildman–Crippen LogP) is 4.12. The number of benzene rings is 2. The summed E-state index contributed by atoms with van der Waals surface area (Å²) in [6.07, 6.45) is 4.00. The van der Waals surface area contributed by atoms with Crippen LogP contribution in [0.15, 0.2) is 57.9 Å². The topological polar surface area (TPSA) is 121 Å². The summed E-state index contributed by atoms with van der Waals surface area (Å²) in [6, 6.07) is 12.6. The molecule has 2 aliphatic rings. The SMILES string of the molecule is COc1ccc2c(c1)CCN(C1CCN(c3cc(C(=O)c4cc(C)c5[nH]c(=O)oc5c4)ccn3)CC1)C(=O)N2. The zero-order valence-corrected chi connectivity index (χ0v) is 21.8. The van der Waals surface area contributed by atoms with Gasteiger partial charge in [0.1, 0.15) is 11.6 Å². The molecule has 1 fully saturated rings. The van der Waals surface area contributed by atoms with E-state index in [2.05, 4.69) is 20.2 Å². The fraction of sp³-hybridized carbons (Fsp3) is 0.310. The van der Waals surface area contributed by atoms with E-state index in [-0.39, 0.29) is 17.9 Å². The molecule has 4 heterocycles. The lowest BCUT2D eigenvalue weighted by Crippen LogP contribution is -2.49. The molecule has 2 aromatic heterocycles. The molecule has 2 N–H and O–H groups in total. The number of aryl methyl sites for hydroxylation is 1. The van der Waals surface area contributed by atoms with Crippen LogP contribution in [-0.2, 0) is 6.42 Å². The van der Waals surface area contributed by atoms with Crippen molar-refractivity contribution < 1.29 is 18.7 Å². The van der Waals surface area contributed by atoms with Crippen LogP contribution in [0.3, 0.4) is 0 Å². The summed E-state index contributed by atoms with van der Waals surface area (Å²) in [7, 11) is 1.64. The van der Waals surface area contributed by atoms with Gasteiger partial charge in [-0.25, -0.2) is 14.6 Å². The van der Waals surface area contributed by atoms with Gasteiger partial charge in [0.05, 0.1) is 12.6 Å². The van der Waals surface area contributed by atoms with Gasteiger partial charge in [0.15, 0.2) is 11.4 Å². The Morgan fingerprint density at radius 2 is 1.87 bits per heavy atom. The van der Waals surface area contributed by atoms with Gasteiger partial charge in [-0.3, -0.25) is 9.78 Å². The van der Waals surface area contributed by atoms with Crippen molar-refractivity contribution in [3.63, 3.8) is 0 Å². The second-order valence-electron chi connectivity index (χ2n) is 10.0. The van der Waals surface area contributed by atoms with E-state index in [1.54, 1.807) is 37.6 Å². The van der Waals surface area contributed by atoms with E-state index < -0.39 is 5.76 Å². The number of hydrogen-bond donors (Lipinski definition) is 2. The molecule has 1 saturated heterocycles. The Balaban J connectivity index is 1.14. The summed E-state index contributed by atoms with van der Waals surface area (Å²) in [5.74, 6) is 0.796. The van der Waals surface area contributed by atoms with Crippen molar-refractivity contribution in [2.75, 3.05) is 37.0 Å². The molecule has 2 aromatic carbocycles. The van der Waals surface area contributed by atoms with Crippen LogP contribution in [0.2, 0.25) is 0 Å². The maximum absolute atomic E-state index is 13.3. The Morgan fingerprint density at radius 3 is 2.67 bits per heavy atom. The number of oxazole rings is 1. The molecule has 39 heavy (non-hydrogen) atoms. The van der Waals surface area contributed by atoms with Gasteiger partial charge >= 0.3 is 11.8 Å². The highest BCUT2D eigenvalue weighted by atomic mass is 16.5. The molecule has 0 aliphatic carbocycles. The fourth-order valence-corrected chi connectivity index (χ4v) is 5.56. The lowest BCUT2D eigenvalue weighted by atomic mass is 10.0. The Morgan fingerprint density at radius 1 is 1.05 bits per heavy atom. The summed E-state index contributed by atoms with van der Waals surface area (Å²) in [5.41, 5.74) is 4.58. The van der Waals surface area contributed by atoms with Crippen LogP contribution in [0.25, 0.3) is 11.1 Å². The van der Waals surface area contributed by atoms with Crippen molar-refractivity contribution in [3.05, 3.63) is 81.5 Å². The van der Waals surface area contributed by atoms with E-state index in [9.17, 15) is 14.4 Å². The van der Waals surface area contributed by atoms with E-state index in [0.717, 1.165) is 60.7 Å². The first-order chi connectivity index (χ1) is 18.9. The van der Waals surface area contributed by atoms with E-state index in [0.29, 0.717) is 28.8 Å². The first-order valence-corrected chi connectivity index (χ1v) is 13.0. The zero-order valence-electron chi connectivity index (χ0n) is 21.8. The number of hydrogen-bond acceptors (Lipinski definition) is 7. The third-order valence-corrected chi connectivity index (χ3v) is 7.67. The highest BCUT2D eigenvalue weighted by molar-refractivity contribution is 6.10. The number of nitrogens with zero attached hydrogens (tertiary/aromatic N) is 3. The Labute approximate surface area is 224 Å². The number of H-pyrrole nitrogens is 1. The summed E-state index contributed by atoms with van der Waals surface area (Å²) < 4.78 is 10.5. The number of aromatic amines is 1. The molecule has 200 valence electrons.